The predicted molar refractivity (Wildman–Crippen MR) is 82.1 cm³/mol. The Bertz CT molecular complexity index is 497. The van der Waals surface area contributed by atoms with Crippen LogP contribution >= 0.6 is 0 Å². The first-order valence-electron chi connectivity index (χ1n) is 7.62. The smallest absolute Gasteiger partial charge is 0.230 e. The molecule has 1 aromatic rings. The van der Waals surface area contributed by atoms with E-state index in [1.165, 1.54) is 0 Å². The van der Waals surface area contributed by atoms with E-state index in [0.717, 1.165) is 24.1 Å². The number of rotatable bonds is 9. The molecule has 0 aliphatic heterocycles. The molecule has 1 aromatic carbocycles. The Morgan fingerprint density at radius 3 is 2.36 bits per heavy atom. The van der Waals surface area contributed by atoms with Crippen molar-refractivity contribution in [3.8, 4) is 0 Å². The van der Waals surface area contributed by atoms with Gasteiger partial charge in [-0.3, -0.25) is 4.79 Å². The lowest BCUT2D eigenvalue weighted by atomic mass is 10.1. The molecule has 0 heterocycles. The third-order valence-corrected chi connectivity index (χ3v) is 3.36. The molecule has 1 amide bonds. The quantitative estimate of drug-likeness (QED) is 0.455. The van der Waals surface area contributed by atoms with E-state index in [1.54, 1.807) is 5.32 Å². The van der Waals surface area contributed by atoms with Gasteiger partial charge in [0.1, 0.15) is 6.04 Å². The summed E-state index contributed by atoms with van der Waals surface area (Å²) in [4.78, 5) is 23.1. The second kappa shape index (κ2) is 9.17. The molecule has 0 radical (unpaired) electrons. The van der Waals surface area contributed by atoms with E-state index in [-0.39, 0.29) is 12.3 Å². The van der Waals surface area contributed by atoms with Crippen molar-refractivity contribution in [2.75, 3.05) is 25.5 Å². The summed E-state index contributed by atoms with van der Waals surface area (Å²) < 4.78 is 0. The zero-order valence-corrected chi connectivity index (χ0v) is 13.5. The molecule has 6 heteroatoms. The van der Waals surface area contributed by atoms with Crippen LogP contribution in [0, 0.1) is 13.8 Å². The third kappa shape index (κ3) is 6.69. The van der Waals surface area contributed by atoms with E-state index in [1.807, 2.05) is 44.4 Å². The number of carboxylic acid groups (broad SMARTS) is 1. The highest BCUT2D eigenvalue weighted by Crippen LogP contribution is 2.13. The fraction of sp³-hybridized carbons (Fsp3) is 0.500. The molecule has 22 heavy (non-hydrogen) atoms. The summed E-state index contributed by atoms with van der Waals surface area (Å²) >= 11 is 0. The molecule has 6 nitrogen and oxygen atoms in total. The van der Waals surface area contributed by atoms with Gasteiger partial charge in [-0.2, -0.15) is 0 Å². The maximum Gasteiger partial charge on any atom is 0.230 e. The van der Waals surface area contributed by atoms with E-state index in [2.05, 4.69) is 5.32 Å². The number of aryl methyl sites for hydroxylation is 2. The molecule has 0 spiro atoms. The molecule has 0 unspecified atom stereocenters. The Morgan fingerprint density at radius 1 is 1.18 bits per heavy atom. The van der Waals surface area contributed by atoms with Crippen molar-refractivity contribution in [1.82, 2.24) is 0 Å². The van der Waals surface area contributed by atoms with Gasteiger partial charge in [0.25, 0.3) is 0 Å². The first-order valence-corrected chi connectivity index (χ1v) is 7.62. The van der Waals surface area contributed by atoms with Crippen LogP contribution in [0.25, 0.3) is 0 Å². The predicted octanol–water partition coefficient (Wildman–Crippen LogP) is -2.10. The summed E-state index contributed by atoms with van der Waals surface area (Å²) in [7, 11) is 1.97. The highest BCUT2D eigenvalue weighted by atomic mass is 16.4. The van der Waals surface area contributed by atoms with Crippen molar-refractivity contribution in [2.24, 2.45) is 0 Å². The standard InChI is InChI=1S/C16H25N3O3/c1-11-7-12(2)9-13(8-11)19-15(20)10-14(16(21)22)18-6-4-5-17-3/h7-9,14,17-18H,4-6,10H2,1-3H3,(H,19,20)(H,21,22)/p+1/t14-/m1/s1. The van der Waals surface area contributed by atoms with E-state index in [9.17, 15) is 14.7 Å². The van der Waals surface area contributed by atoms with Crippen molar-refractivity contribution < 1.29 is 25.3 Å². The van der Waals surface area contributed by atoms with E-state index >= 15 is 0 Å². The molecular weight excluding hydrogens is 282 g/mol. The Kier molecular flexibility index (Phi) is 7.56. The Labute approximate surface area is 131 Å². The number of benzene rings is 1. The summed E-state index contributed by atoms with van der Waals surface area (Å²) in [6.45, 7) is 5.50. The second-order valence-corrected chi connectivity index (χ2v) is 5.63. The Hall–Kier alpha value is -1.92. The largest absolute Gasteiger partial charge is 0.544 e. The van der Waals surface area contributed by atoms with Gasteiger partial charge in [-0.25, -0.2) is 0 Å². The molecule has 0 fully saturated rings. The second-order valence-electron chi connectivity index (χ2n) is 5.63. The minimum absolute atomic E-state index is 0.0921. The summed E-state index contributed by atoms with van der Waals surface area (Å²) in [5.74, 6) is -1.51. The fourth-order valence-electron chi connectivity index (χ4n) is 2.36. The molecule has 0 aromatic heterocycles. The van der Waals surface area contributed by atoms with Crippen LogP contribution in [0.1, 0.15) is 24.0 Å². The zero-order chi connectivity index (χ0) is 16.5. The molecule has 122 valence electrons. The Balaban J connectivity index is 2.54. The lowest BCUT2D eigenvalue weighted by Crippen LogP contribution is -2.94. The van der Waals surface area contributed by atoms with Crippen LogP contribution in [0.5, 0.6) is 0 Å². The normalized spacial score (nSPS) is 12.0. The topological polar surface area (TPSA) is 102 Å². The van der Waals surface area contributed by atoms with Gasteiger partial charge < -0.3 is 25.9 Å². The lowest BCUT2D eigenvalue weighted by molar-refractivity contribution is -0.692. The molecule has 1 rings (SSSR count). The monoisotopic (exact) mass is 308 g/mol. The van der Waals surface area contributed by atoms with Gasteiger partial charge >= 0.3 is 0 Å². The van der Waals surface area contributed by atoms with Crippen LogP contribution in [0.3, 0.4) is 0 Å². The SMILES string of the molecule is C[NH2+]CCC[NH2+][C@H](CC(=O)Nc1cc(C)cc(C)c1)C(=O)[O-]. The van der Waals surface area contributed by atoms with E-state index < -0.39 is 12.0 Å². The Morgan fingerprint density at radius 2 is 1.82 bits per heavy atom. The fourth-order valence-corrected chi connectivity index (χ4v) is 2.36. The summed E-state index contributed by atoms with van der Waals surface area (Å²) in [6, 6.07) is 4.89. The molecule has 0 saturated carbocycles. The summed E-state index contributed by atoms with van der Waals surface area (Å²) in [6.07, 6.45) is 0.796. The number of nitrogens with one attached hydrogen (secondary N) is 1. The minimum atomic E-state index is -1.20. The van der Waals surface area contributed by atoms with E-state index in [4.69, 9.17) is 0 Å². The molecule has 0 saturated heterocycles. The molecule has 0 aliphatic rings. The van der Waals surface area contributed by atoms with Crippen molar-refractivity contribution in [3.05, 3.63) is 29.3 Å². The van der Waals surface area contributed by atoms with E-state index in [0.29, 0.717) is 12.2 Å². The maximum absolute atomic E-state index is 12.0. The average Bonchev–Trinajstić information content (AvgIpc) is 2.40. The van der Waals surface area contributed by atoms with Gasteiger partial charge in [-0.15, -0.1) is 0 Å². The number of carboxylic acids is 1. The maximum atomic E-state index is 12.0. The van der Waals surface area contributed by atoms with Crippen molar-refractivity contribution >= 4 is 17.6 Å². The first-order chi connectivity index (χ1) is 10.4. The van der Waals surface area contributed by atoms with Gasteiger partial charge in [0.15, 0.2) is 0 Å². The number of quaternary nitrogens is 2. The van der Waals surface area contributed by atoms with Crippen molar-refractivity contribution in [2.45, 2.75) is 32.7 Å². The lowest BCUT2D eigenvalue weighted by Gasteiger charge is -2.16. The number of hydrogen-bond donors (Lipinski definition) is 3. The number of nitrogens with two attached hydrogens (primary N) is 2. The number of carbonyl (C=O) groups is 2. The summed E-state index contributed by atoms with van der Waals surface area (Å²) in [5.41, 5.74) is 2.79. The number of hydrogen-bond acceptors (Lipinski definition) is 3. The van der Waals surface area contributed by atoms with Crippen LogP contribution < -0.4 is 21.1 Å². The summed E-state index contributed by atoms with van der Waals surface area (Å²) in [5, 5.41) is 17.6. The van der Waals surface area contributed by atoms with Crippen LogP contribution in [-0.2, 0) is 9.59 Å². The number of anilines is 1. The molecule has 5 N–H and O–H groups in total. The molecule has 1 atom stereocenters. The van der Waals surface area contributed by atoms with Gasteiger partial charge in [-0.05, 0) is 37.1 Å². The average molecular weight is 308 g/mol. The van der Waals surface area contributed by atoms with Gasteiger partial charge in [0.2, 0.25) is 5.91 Å². The van der Waals surface area contributed by atoms with Crippen molar-refractivity contribution in [1.29, 1.82) is 0 Å². The number of aliphatic carboxylic acids is 1. The minimum Gasteiger partial charge on any atom is -0.544 e. The highest BCUT2D eigenvalue weighted by Gasteiger charge is 2.18. The molecule has 0 bridgehead atoms. The third-order valence-electron chi connectivity index (χ3n) is 3.36. The van der Waals surface area contributed by atoms with Crippen LogP contribution in [0.2, 0.25) is 0 Å². The molecule has 0 aliphatic carbocycles. The van der Waals surface area contributed by atoms with Crippen LogP contribution in [0.15, 0.2) is 18.2 Å². The first kappa shape index (κ1) is 18.1. The molecular formula is C16H26N3O3+. The van der Waals surface area contributed by atoms with Crippen LogP contribution in [0.4, 0.5) is 5.69 Å². The van der Waals surface area contributed by atoms with Gasteiger partial charge in [-0.1, -0.05) is 6.07 Å². The van der Waals surface area contributed by atoms with Crippen LogP contribution in [-0.4, -0.2) is 38.1 Å². The number of carbonyl (C=O) groups excluding carboxylic acids is 2. The van der Waals surface area contributed by atoms with Gasteiger partial charge in [0.05, 0.1) is 32.5 Å². The highest BCUT2D eigenvalue weighted by molar-refractivity contribution is 5.93. The zero-order valence-electron chi connectivity index (χ0n) is 13.5. The number of amides is 1. The van der Waals surface area contributed by atoms with Gasteiger partial charge in [0, 0.05) is 12.1 Å². The van der Waals surface area contributed by atoms with Crippen molar-refractivity contribution in [3.63, 3.8) is 0 Å².